The number of anilines is 1. The van der Waals surface area contributed by atoms with Crippen LogP contribution in [0.3, 0.4) is 0 Å². The molecule has 9 N–H and O–H groups in total. The van der Waals surface area contributed by atoms with E-state index < -0.39 is 59.7 Å². The van der Waals surface area contributed by atoms with Gasteiger partial charge in [0.15, 0.2) is 16.9 Å². The molecule has 0 aromatic carbocycles. The number of ether oxygens (including phenoxy) is 1. The van der Waals surface area contributed by atoms with Crippen molar-refractivity contribution in [1.82, 2.24) is 19.5 Å². The van der Waals surface area contributed by atoms with E-state index >= 15 is 0 Å². The Balaban J connectivity index is 1.79. The van der Waals surface area contributed by atoms with E-state index in [0.29, 0.717) is 12.8 Å². The summed E-state index contributed by atoms with van der Waals surface area (Å²) in [6, 6.07) is 0. The first-order valence-electron chi connectivity index (χ1n) is 16.2. The Morgan fingerprint density at radius 2 is 1.48 bits per heavy atom. The van der Waals surface area contributed by atoms with E-state index in [2.05, 4.69) is 74.0 Å². The highest BCUT2D eigenvalue weighted by Crippen LogP contribution is 2.66. The number of aromatic amines is 1. The Morgan fingerprint density at radius 3 is 2.04 bits per heavy atom. The quantitative estimate of drug-likeness (QED) is 0.0724. The molecule has 0 amide bonds. The Kier molecular flexibility index (Phi) is 15.3. The number of aliphatic hydroxyl groups is 2. The number of phosphoric acid groups is 3. The third kappa shape index (κ3) is 12.8. The minimum Gasteiger partial charge on any atom is -0.387 e. The summed E-state index contributed by atoms with van der Waals surface area (Å²) in [4.78, 5) is 59.9. The maximum Gasteiger partial charge on any atom is 0.490 e. The molecule has 2 aromatic heterocycles. The molecule has 3 heterocycles. The van der Waals surface area contributed by atoms with Crippen LogP contribution in [-0.2, 0) is 37.3 Å². The molecule has 1 aliphatic rings. The lowest BCUT2D eigenvalue weighted by molar-refractivity contribution is -0.142. The minimum atomic E-state index is -5.82. The normalized spacial score (nSPS) is 24.2. The van der Waals surface area contributed by atoms with Gasteiger partial charge < -0.3 is 40.3 Å². The van der Waals surface area contributed by atoms with Crippen LogP contribution in [0.2, 0.25) is 0 Å². The fraction of sp³-hybridized carbons (Fsp3) is 0.567. The molecule has 1 aliphatic heterocycles. The second kappa shape index (κ2) is 18.2. The number of nitrogens with zero attached hydrogens (tertiary/aromatic N) is 3. The van der Waals surface area contributed by atoms with E-state index in [1.807, 2.05) is 6.92 Å². The number of hydrogen-bond donors (Lipinski definition) is 8. The second-order valence-electron chi connectivity index (χ2n) is 12.8. The molecule has 22 heteroatoms. The summed E-state index contributed by atoms with van der Waals surface area (Å²) in [7, 11) is -17.0. The third-order valence-electron chi connectivity index (χ3n) is 8.07. The minimum absolute atomic E-state index is 0.119. The van der Waals surface area contributed by atoms with Crippen LogP contribution < -0.4 is 11.3 Å². The number of allylic oxidation sites excluding steroid dienone is 7. The van der Waals surface area contributed by atoms with E-state index in [1.165, 1.54) is 21.3 Å². The van der Waals surface area contributed by atoms with Crippen LogP contribution in [0.4, 0.5) is 5.95 Å². The molecule has 0 bridgehead atoms. The largest absolute Gasteiger partial charge is 0.490 e. The molecule has 292 valence electrons. The zero-order valence-electron chi connectivity index (χ0n) is 29.5. The number of hydrogen-bond acceptors (Lipinski definition) is 13. The maximum atomic E-state index is 12.5. The zero-order valence-corrected chi connectivity index (χ0v) is 32.2. The predicted octanol–water partition coefficient (Wildman–Crippen LogP) is 4.35. The van der Waals surface area contributed by atoms with Gasteiger partial charge >= 0.3 is 23.5 Å². The van der Waals surface area contributed by atoms with Crippen LogP contribution in [0, 0.1) is 0 Å². The average molecular weight is 796 g/mol. The summed E-state index contributed by atoms with van der Waals surface area (Å²) < 4.78 is 54.4. The lowest BCUT2D eigenvalue weighted by Crippen LogP contribution is -2.45. The number of aromatic nitrogens is 4. The van der Waals surface area contributed by atoms with Gasteiger partial charge in [0.25, 0.3) is 5.56 Å². The van der Waals surface area contributed by atoms with Crippen molar-refractivity contribution in [1.29, 1.82) is 0 Å². The monoisotopic (exact) mass is 795 g/mol. The van der Waals surface area contributed by atoms with E-state index in [0.717, 1.165) is 37.6 Å². The summed E-state index contributed by atoms with van der Waals surface area (Å²) in [5.74, 6) is -0.282. The van der Waals surface area contributed by atoms with Crippen LogP contribution in [-0.4, -0.2) is 74.2 Å². The number of H-pyrrole nitrogens is 1. The fourth-order valence-corrected chi connectivity index (χ4v) is 8.48. The van der Waals surface area contributed by atoms with Gasteiger partial charge in [0.2, 0.25) is 5.95 Å². The number of nitrogen functional groups attached to an aromatic ring is 1. The van der Waals surface area contributed by atoms with Crippen LogP contribution in [0.15, 0.2) is 57.7 Å². The van der Waals surface area contributed by atoms with Crippen LogP contribution in [0.25, 0.3) is 11.2 Å². The van der Waals surface area contributed by atoms with Crippen LogP contribution in [0.1, 0.15) is 79.6 Å². The molecular weight excluding hydrogens is 747 g/mol. The molecule has 6 atom stereocenters. The van der Waals surface area contributed by atoms with Gasteiger partial charge in [0.1, 0.15) is 18.3 Å². The number of rotatable bonds is 19. The van der Waals surface area contributed by atoms with Crippen LogP contribution >= 0.6 is 23.5 Å². The van der Waals surface area contributed by atoms with Crippen LogP contribution in [0.5, 0.6) is 0 Å². The van der Waals surface area contributed by atoms with Gasteiger partial charge in [-0.2, -0.15) is 13.6 Å². The van der Waals surface area contributed by atoms with Crippen molar-refractivity contribution >= 4 is 40.6 Å². The zero-order chi connectivity index (χ0) is 39.1. The molecular formula is C30H48N5O14P3. The Hall–Kier alpha value is -2.60. The SMILES string of the molecule is CC(C)=CCCC(C)=CCCC(C)=CCCC(C)=CC[C@@]1(n2cnc3c(=O)[nH]c(N)nc32)O[C@H](COP(=O)(O)OP(=O)(O)OP(=O)(O)O)[C@@H](O)[C@H]1O. The van der Waals surface area contributed by atoms with Gasteiger partial charge in [-0.25, -0.2) is 18.7 Å². The molecule has 0 spiro atoms. The van der Waals surface area contributed by atoms with Gasteiger partial charge in [-0.15, -0.1) is 0 Å². The second-order valence-corrected chi connectivity index (χ2v) is 17.2. The Morgan fingerprint density at radius 1 is 0.923 bits per heavy atom. The first kappa shape index (κ1) is 43.8. The highest BCUT2D eigenvalue weighted by molar-refractivity contribution is 7.66. The number of nitrogens with two attached hydrogens (primary N) is 1. The first-order valence-corrected chi connectivity index (χ1v) is 20.7. The van der Waals surface area contributed by atoms with Gasteiger partial charge in [0.05, 0.1) is 12.9 Å². The molecule has 3 rings (SSSR count). The van der Waals surface area contributed by atoms with Crippen molar-refractivity contribution < 1.29 is 61.4 Å². The predicted molar refractivity (Wildman–Crippen MR) is 190 cm³/mol. The van der Waals surface area contributed by atoms with Gasteiger partial charge in [0, 0.05) is 6.42 Å². The lowest BCUT2D eigenvalue weighted by atomic mass is 9.97. The first-order chi connectivity index (χ1) is 24.0. The van der Waals surface area contributed by atoms with Gasteiger partial charge in [-0.05, 0) is 73.1 Å². The van der Waals surface area contributed by atoms with E-state index in [9.17, 15) is 38.5 Å². The molecule has 0 aliphatic carbocycles. The maximum absolute atomic E-state index is 12.5. The van der Waals surface area contributed by atoms with E-state index in [-0.39, 0.29) is 23.5 Å². The number of aliphatic hydroxyl groups excluding tert-OH is 2. The smallest absolute Gasteiger partial charge is 0.387 e. The fourth-order valence-electron chi connectivity index (χ4n) is 5.45. The van der Waals surface area contributed by atoms with E-state index in [1.54, 1.807) is 6.08 Å². The summed E-state index contributed by atoms with van der Waals surface area (Å²) in [6.07, 6.45) is 9.30. The number of imidazole rings is 1. The van der Waals surface area contributed by atoms with Crippen molar-refractivity contribution in [2.45, 2.75) is 104 Å². The molecule has 2 unspecified atom stereocenters. The number of fused-ring (bicyclic) bond motifs is 1. The van der Waals surface area contributed by atoms with Crippen molar-refractivity contribution in [3.05, 3.63) is 63.3 Å². The van der Waals surface area contributed by atoms with Crippen molar-refractivity contribution in [2.75, 3.05) is 12.3 Å². The molecule has 0 radical (unpaired) electrons. The number of phosphoric ester groups is 1. The summed E-state index contributed by atoms with van der Waals surface area (Å²) in [5.41, 5.74) is 7.59. The Bertz CT molecular complexity index is 1900. The van der Waals surface area contributed by atoms with Gasteiger partial charge in [-0.1, -0.05) is 46.6 Å². The molecule has 2 aromatic rings. The molecule has 1 fully saturated rings. The van der Waals surface area contributed by atoms with E-state index in [4.69, 9.17) is 20.3 Å². The highest BCUT2D eigenvalue weighted by atomic mass is 31.3. The highest BCUT2D eigenvalue weighted by Gasteiger charge is 2.56. The average Bonchev–Trinajstić information content (AvgIpc) is 3.52. The number of nitrogens with one attached hydrogen (secondary N) is 1. The standard InChI is InChI=1S/C30H48N5O14P3/c1-19(2)9-6-10-20(3)11-7-12-21(4)13-8-14-22(5)15-16-30(35-18-32-24-27(35)33-29(31)34-28(24)38)26(37)25(36)23(47-30)17-46-51(42,43)49-52(44,45)48-50(39,40)41/h9,11,13,15,18,23,25-26,36-37H,6-8,10,12,14,16-17H2,1-5H3,(H,42,43)(H,44,45)(H2,39,40,41)(H3,31,33,34,38)/t23-,25-,26-,30-/m1/s1. The Labute approximate surface area is 300 Å². The molecule has 0 saturated carbocycles. The molecule has 52 heavy (non-hydrogen) atoms. The van der Waals surface area contributed by atoms with Gasteiger partial charge in [-0.3, -0.25) is 18.9 Å². The summed E-state index contributed by atoms with van der Waals surface area (Å²) in [5, 5.41) is 22.4. The molecule has 19 nitrogen and oxygen atoms in total. The topological polar surface area (TPSA) is 299 Å². The molecule has 1 saturated heterocycles. The third-order valence-corrected chi connectivity index (χ3v) is 11.9. The lowest BCUT2D eigenvalue weighted by Gasteiger charge is -2.33. The summed E-state index contributed by atoms with van der Waals surface area (Å²) >= 11 is 0. The van der Waals surface area contributed by atoms with Crippen molar-refractivity contribution in [2.24, 2.45) is 0 Å². The van der Waals surface area contributed by atoms with Crippen molar-refractivity contribution in [3.8, 4) is 0 Å². The summed E-state index contributed by atoms with van der Waals surface area (Å²) in [6.45, 7) is 9.18. The van der Waals surface area contributed by atoms with Crippen molar-refractivity contribution in [3.63, 3.8) is 0 Å².